The van der Waals surface area contributed by atoms with Gasteiger partial charge in [0.05, 0.1) is 6.61 Å². The minimum atomic E-state index is 0.108. The van der Waals surface area contributed by atoms with Gasteiger partial charge in [0.25, 0.3) is 11.8 Å². The monoisotopic (exact) mass is 420 g/mol. The highest BCUT2D eigenvalue weighted by atomic mass is 16.5. The Hall–Kier alpha value is -2.82. The first-order chi connectivity index (χ1) is 15.0. The lowest BCUT2D eigenvalue weighted by Gasteiger charge is -2.33. The predicted molar refractivity (Wildman–Crippen MR) is 122 cm³/mol. The molecule has 164 valence electrons. The summed E-state index contributed by atoms with van der Waals surface area (Å²) < 4.78 is 6.02. The van der Waals surface area contributed by atoms with Gasteiger partial charge in [-0.15, -0.1) is 0 Å². The molecule has 2 fully saturated rings. The quantitative estimate of drug-likeness (QED) is 0.717. The zero-order chi connectivity index (χ0) is 21.8. The molecule has 0 N–H and O–H groups in total. The predicted octanol–water partition coefficient (Wildman–Crippen LogP) is 4.47. The van der Waals surface area contributed by atoms with Crippen molar-refractivity contribution in [3.63, 3.8) is 0 Å². The van der Waals surface area contributed by atoms with Crippen LogP contribution < -0.4 is 4.74 Å². The highest BCUT2D eigenvalue weighted by molar-refractivity contribution is 5.96. The standard InChI is InChI=1S/C26H32N2O3/c1-19-7-8-20(2)24(16-19)26(30)28-15-5-6-21(17-28)18-31-23-11-9-22(10-12-23)25(29)27-13-3-4-14-27/h7-12,16,21H,3-6,13-15,17-18H2,1-2H3/t21-/m0/s1. The van der Waals surface area contributed by atoms with Crippen molar-refractivity contribution in [3.05, 3.63) is 64.7 Å². The van der Waals surface area contributed by atoms with Gasteiger partial charge in [-0.25, -0.2) is 0 Å². The Morgan fingerprint density at radius 3 is 2.35 bits per heavy atom. The number of hydrogen-bond acceptors (Lipinski definition) is 3. The van der Waals surface area contributed by atoms with Crippen LogP contribution >= 0.6 is 0 Å². The fourth-order valence-corrected chi connectivity index (χ4v) is 4.53. The Labute approximate surface area is 185 Å². The molecule has 0 saturated carbocycles. The minimum Gasteiger partial charge on any atom is -0.493 e. The Bertz CT molecular complexity index is 932. The van der Waals surface area contributed by atoms with Crippen molar-refractivity contribution in [3.8, 4) is 5.75 Å². The number of carbonyl (C=O) groups is 2. The molecule has 2 heterocycles. The highest BCUT2D eigenvalue weighted by Gasteiger charge is 2.26. The largest absolute Gasteiger partial charge is 0.493 e. The van der Waals surface area contributed by atoms with E-state index in [2.05, 4.69) is 0 Å². The van der Waals surface area contributed by atoms with Crippen LogP contribution in [-0.2, 0) is 0 Å². The van der Waals surface area contributed by atoms with Gasteiger partial charge in [-0.05, 0) is 75.4 Å². The van der Waals surface area contributed by atoms with Gasteiger partial charge in [-0.1, -0.05) is 17.7 Å². The van der Waals surface area contributed by atoms with E-state index >= 15 is 0 Å². The number of piperidine rings is 1. The van der Waals surface area contributed by atoms with Gasteiger partial charge in [0, 0.05) is 43.2 Å². The summed E-state index contributed by atoms with van der Waals surface area (Å²) >= 11 is 0. The first-order valence-electron chi connectivity index (χ1n) is 11.4. The van der Waals surface area contributed by atoms with E-state index in [0.717, 1.165) is 79.9 Å². The summed E-state index contributed by atoms with van der Waals surface area (Å²) in [6, 6.07) is 13.5. The van der Waals surface area contributed by atoms with Crippen molar-refractivity contribution in [2.24, 2.45) is 5.92 Å². The summed E-state index contributed by atoms with van der Waals surface area (Å²) in [4.78, 5) is 29.4. The third-order valence-electron chi connectivity index (χ3n) is 6.41. The number of aryl methyl sites for hydroxylation is 2. The van der Waals surface area contributed by atoms with Crippen molar-refractivity contribution in [1.29, 1.82) is 0 Å². The lowest BCUT2D eigenvalue weighted by Crippen LogP contribution is -2.41. The first-order valence-corrected chi connectivity index (χ1v) is 11.4. The lowest BCUT2D eigenvalue weighted by atomic mass is 9.97. The second-order valence-electron chi connectivity index (χ2n) is 8.91. The zero-order valence-electron chi connectivity index (χ0n) is 18.6. The number of ether oxygens (including phenoxy) is 1. The van der Waals surface area contributed by atoms with E-state index in [0.29, 0.717) is 12.5 Å². The fraction of sp³-hybridized carbons (Fsp3) is 0.462. The lowest BCUT2D eigenvalue weighted by molar-refractivity contribution is 0.0632. The smallest absolute Gasteiger partial charge is 0.254 e. The average Bonchev–Trinajstić information content (AvgIpc) is 3.34. The van der Waals surface area contributed by atoms with Crippen molar-refractivity contribution in [1.82, 2.24) is 9.80 Å². The topological polar surface area (TPSA) is 49.9 Å². The maximum absolute atomic E-state index is 13.1. The summed E-state index contributed by atoms with van der Waals surface area (Å²) in [5.41, 5.74) is 3.66. The van der Waals surface area contributed by atoms with Crippen LogP contribution in [0.4, 0.5) is 0 Å². The van der Waals surface area contributed by atoms with Crippen LogP contribution in [0.2, 0.25) is 0 Å². The molecule has 0 aliphatic carbocycles. The molecule has 0 bridgehead atoms. The molecule has 0 unspecified atom stereocenters. The third kappa shape index (κ3) is 5.09. The molecule has 0 radical (unpaired) electrons. The molecule has 2 saturated heterocycles. The molecule has 4 rings (SSSR count). The molecule has 0 spiro atoms. The minimum absolute atomic E-state index is 0.108. The number of hydrogen-bond donors (Lipinski definition) is 0. The van der Waals surface area contributed by atoms with Crippen LogP contribution in [0.15, 0.2) is 42.5 Å². The summed E-state index contributed by atoms with van der Waals surface area (Å²) in [5.74, 6) is 1.32. The molecule has 5 nitrogen and oxygen atoms in total. The Morgan fingerprint density at radius 2 is 1.61 bits per heavy atom. The summed E-state index contributed by atoms with van der Waals surface area (Å²) in [6.07, 6.45) is 4.24. The number of likely N-dealkylation sites (tertiary alicyclic amines) is 2. The molecule has 2 aromatic rings. The van der Waals surface area contributed by atoms with Crippen LogP contribution in [0.5, 0.6) is 5.75 Å². The van der Waals surface area contributed by atoms with E-state index in [1.54, 1.807) is 0 Å². The van der Waals surface area contributed by atoms with Crippen LogP contribution in [0.1, 0.15) is 57.5 Å². The third-order valence-corrected chi connectivity index (χ3v) is 6.41. The molecular formula is C26H32N2O3. The van der Waals surface area contributed by atoms with Gasteiger partial charge < -0.3 is 14.5 Å². The highest BCUT2D eigenvalue weighted by Crippen LogP contribution is 2.23. The van der Waals surface area contributed by atoms with Crippen molar-refractivity contribution in [2.45, 2.75) is 39.5 Å². The van der Waals surface area contributed by atoms with Gasteiger partial charge >= 0.3 is 0 Å². The second kappa shape index (κ2) is 9.54. The molecule has 5 heteroatoms. The van der Waals surface area contributed by atoms with Gasteiger partial charge in [0.15, 0.2) is 0 Å². The van der Waals surface area contributed by atoms with Crippen LogP contribution in [-0.4, -0.2) is 54.4 Å². The second-order valence-corrected chi connectivity index (χ2v) is 8.91. The molecule has 2 aliphatic heterocycles. The van der Waals surface area contributed by atoms with E-state index in [4.69, 9.17) is 4.74 Å². The average molecular weight is 421 g/mol. The summed E-state index contributed by atoms with van der Waals surface area (Å²) in [6.45, 7) is 7.83. The Kier molecular flexibility index (Phi) is 6.59. The molecule has 1 atom stereocenters. The van der Waals surface area contributed by atoms with Crippen molar-refractivity contribution < 1.29 is 14.3 Å². The van der Waals surface area contributed by atoms with Crippen LogP contribution in [0.25, 0.3) is 0 Å². The van der Waals surface area contributed by atoms with Crippen LogP contribution in [0.3, 0.4) is 0 Å². The summed E-state index contributed by atoms with van der Waals surface area (Å²) in [5, 5.41) is 0. The number of benzene rings is 2. The maximum atomic E-state index is 13.1. The molecule has 2 amide bonds. The Morgan fingerprint density at radius 1 is 0.903 bits per heavy atom. The SMILES string of the molecule is Cc1ccc(C)c(C(=O)N2CCC[C@H](COc3ccc(C(=O)N4CCCC4)cc3)C2)c1. The van der Waals surface area contributed by atoms with E-state index < -0.39 is 0 Å². The van der Waals surface area contributed by atoms with Gasteiger partial charge in [0.2, 0.25) is 0 Å². The zero-order valence-corrected chi connectivity index (χ0v) is 18.6. The summed E-state index contributed by atoms with van der Waals surface area (Å²) in [7, 11) is 0. The van der Waals surface area contributed by atoms with Gasteiger partial charge in [0.1, 0.15) is 5.75 Å². The Balaban J connectivity index is 1.32. The molecule has 2 aliphatic rings. The first kappa shape index (κ1) is 21.4. The molecule has 0 aromatic heterocycles. The molecule has 31 heavy (non-hydrogen) atoms. The van der Waals surface area contributed by atoms with Gasteiger partial charge in [-0.2, -0.15) is 0 Å². The number of carbonyl (C=O) groups excluding carboxylic acids is 2. The van der Waals surface area contributed by atoms with Crippen LogP contribution in [0, 0.1) is 19.8 Å². The number of amides is 2. The molecular weight excluding hydrogens is 388 g/mol. The molecule has 2 aromatic carbocycles. The van der Waals surface area contributed by atoms with E-state index in [-0.39, 0.29) is 11.8 Å². The van der Waals surface area contributed by atoms with E-state index in [1.165, 1.54) is 0 Å². The fourth-order valence-electron chi connectivity index (χ4n) is 4.53. The normalized spacial score (nSPS) is 18.8. The van der Waals surface area contributed by atoms with Crippen molar-refractivity contribution in [2.75, 3.05) is 32.8 Å². The maximum Gasteiger partial charge on any atom is 0.254 e. The van der Waals surface area contributed by atoms with E-state index in [9.17, 15) is 9.59 Å². The van der Waals surface area contributed by atoms with Gasteiger partial charge in [-0.3, -0.25) is 9.59 Å². The van der Waals surface area contributed by atoms with Crippen molar-refractivity contribution >= 4 is 11.8 Å². The number of nitrogens with zero attached hydrogens (tertiary/aromatic N) is 2. The van der Waals surface area contributed by atoms with E-state index in [1.807, 2.05) is 66.1 Å². The number of rotatable bonds is 5.